The predicted octanol–water partition coefficient (Wildman–Crippen LogP) is 5.21. The number of rotatable bonds is 11. The lowest BCUT2D eigenvalue weighted by Crippen LogP contribution is -2.41. The first-order valence-electron chi connectivity index (χ1n) is 11.2. The van der Waals surface area contributed by atoms with Crippen molar-refractivity contribution in [2.24, 2.45) is 0 Å². The number of hydrogen-bond donors (Lipinski definition) is 1. The van der Waals surface area contributed by atoms with Crippen LogP contribution in [0.4, 0.5) is 10.1 Å². The molecule has 0 bridgehead atoms. The largest absolute Gasteiger partial charge is 0.491 e. The highest BCUT2D eigenvalue weighted by molar-refractivity contribution is 7.92. The maximum atomic E-state index is 13.7. The highest BCUT2D eigenvalue weighted by atomic mass is 35.5. The summed E-state index contributed by atoms with van der Waals surface area (Å²) in [4.78, 5) is 12.7. The predicted molar refractivity (Wildman–Crippen MR) is 136 cm³/mol. The molecule has 1 amide bonds. The first kappa shape index (κ1) is 26.5. The van der Waals surface area contributed by atoms with Crippen molar-refractivity contribution in [3.05, 3.63) is 89.2 Å². The molecule has 3 rings (SSSR count). The Morgan fingerprint density at radius 1 is 1.06 bits per heavy atom. The Bertz CT molecular complexity index is 1250. The van der Waals surface area contributed by atoms with Crippen molar-refractivity contribution in [3.8, 4) is 5.75 Å². The van der Waals surface area contributed by atoms with E-state index in [1.807, 2.05) is 38.1 Å². The van der Waals surface area contributed by atoms with E-state index < -0.39 is 28.3 Å². The molecular formula is C26H28ClFN2O4S. The van der Waals surface area contributed by atoms with Crippen molar-refractivity contribution in [3.63, 3.8) is 0 Å². The van der Waals surface area contributed by atoms with Gasteiger partial charge in [0.1, 0.15) is 18.1 Å². The summed E-state index contributed by atoms with van der Waals surface area (Å²) in [5.41, 5.74) is 1.17. The molecule has 0 radical (unpaired) electrons. The fraction of sp³-hybridized carbons (Fsp3) is 0.269. The second-order valence-corrected chi connectivity index (χ2v) is 10.5. The van der Waals surface area contributed by atoms with Crippen LogP contribution in [0.5, 0.6) is 5.75 Å². The number of hydrogen-bond acceptors (Lipinski definition) is 4. The maximum absolute atomic E-state index is 13.7. The number of amides is 1. The number of benzene rings is 3. The van der Waals surface area contributed by atoms with E-state index in [4.69, 9.17) is 16.3 Å². The van der Waals surface area contributed by atoms with Gasteiger partial charge < -0.3 is 10.1 Å². The molecule has 6 nitrogen and oxygen atoms in total. The first-order valence-corrected chi connectivity index (χ1v) is 13.0. The number of halogens is 2. The summed E-state index contributed by atoms with van der Waals surface area (Å²) in [7, 11) is -4.09. The fourth-order valence-corrected chi connectivity index (χ4v) is 5.04. The van der Waals surface area contributed by atoms with Crippen molar-refractivity contribution in [1.29, 1.82) is 0 Å². The summed E-state index contributed by atoms with van der Waals surface area (Å²) in [6.45, 7) is 3.81. The van der Waals surface area contributed by atoms with Crippen LogP contribution in [0.15, 0.2) is 77.7 Å². The number of nitrogens with zero attached hydrogens (tertiary/aromatic N) is 1. The Morgan fingerprint density at radius 3 is 2.49 bits per heavy atom. The highest BCUT2D eigenvalue weighted by Gasteiger charge is 2.27. The molecule has 0 unspecified atom stereocenters. The van der Waals surface area contributed by atoms with E-state index in [9.17, 15) is 17.6 Å². The molecule has 186 valence electrons. The molecule has 9 heteroatoms. The van der Waals surface area contributed by atoms with Gasteiger partial charge in [-0.15, -0.1) is 0 Å². The third-order valence-electron chi connectivity index (χ3n) is 5.04. The summed E-state index contributed by atoms with van der Waals surface area (Å²) >= 11 is 5.88. The van der Waals surface area contributed by atoms with Crippen LogP contribution in [-0.4, -0.2) is 33.5 Å². The van der Waals surface area contributed by atoms with Gasteiger partial charge in [0.05, 0.1) is 21.7 Å². The van der Waals surface area contributed by atoms with Crippen LogP contribution < -0.4 is 14.4 Å². The third kappa shape index (κ3) is 7.44. The van der Waals surface area contributed by atoms with E-state index in [2.05, 4.69) is 5.32 Å². The average molecular weight is 519 g/mol. The normalized spacial score (nSPS) is 11.3. The third-order valence-corrected chi connectivity index (χ3v) is 7.12. The molecular weight excluding hydrogens is 491 g/mol. The molecule has 0 aromatic heterocycles. The second-order valence-electron chi connectivity index (χ2n) is 8.19. The summed E-state index contributed by atoms with van der Waals surface area (Å²) < 4.78 is 46.9. The van der Waals surface area contributed by atoms with Crippen LogP contribution in [0.25, 0.3) is 0 Å². The smallest absolute Gasteiger partial charge is 0.264 e. The van der Waals surface area contributed by atoms with E-state index in [1.54, 1.807) is 18.2 Å². The van der Waals surface area contributed by atoms with Crippen molar-refractivity contribution < 1.29 is 22.3 Å². The van der Waals surface area contributed by atoms with Gasteiger partial charge in [0.2, 0.25) is 5.91 Å². The van der Waals surface area contributed by atoms with Crippen LogP contribution in [0.3, 0.4) is 0 Å². The molecule has 0 spiro atoms. The van der Waals surface area contributed by atoms with Gasteiger partial charge in [0, 0.05) is 6.54 Å². The van der Waals surface area contributed by atoms with Crippen molar-refractivity contribution >= 4 is 33.2 Å². The van der Waals surface area contributed by atoms with Gasteiger partial charge in [-0.3, -0.25) is 9.10 Å². The molecule has 3 aromatic rings. The van der Waals surface area contributed by atoms with Gasteiger partial charge in [0.25, 0.3) is 10.0 Å². The zero-order valence-electron chi connectivity index (χ0n) is 19.6. The van der Waals surface area contributed by atoms with Gasteiger partial charge in [-0.25, -0.2) is 12.8 Å². The minimum atomic E-state index is -4.09. The lowest BCUT2D eigenvalue weighted by Gasteiger charge is -2.24. The summed E-state index contributed by atoms with van der Waals surface area (Å²) in [5, 5.41) is 2.53. The van der Waals surface area contributed by atoms with Crippen LogP contribution in [0.1, 0.15) is 25.8 Å². The van der Waals surface area contributed by atoms with Crippen molar-refractivity contribution in [2.45, 2.75) is 37.7 Å². The Kier molecular flexibility index (Phi) is 9.12. The number of sulfonamides is 1. The number of anilines is 1. The van der Waals surface area contributed by atoms with E-state index in [0.29, 0.717) is 13.0 Å². The quantitative estimate of drug-likeness (QED) is 0.353. The first-order chi connectivity index (χ1) is 16.7. The second kappa shape index (κ2) is 12.0. The highest BCUT2D eigenvalue weighted by Crippen LogP contribution is 2.27. The van der Waals surface area contributed by atoms with Crippen molar-refractivity contribution in [2.75, 3.05) is 17.4 Å². The van der Waals surface area contributed by atoms with Crippen LogP contribution in [0.2, 0.25) is 5.02 Å². The molecule has 1 N–H and O–H groups in total. The van der Waals surface area contributed by atoms with Crippen LogP contribution in [0, 0.1) is 5.82 Å². The molecule has 0 saturated carbocycles. The van der Waals surface area contributed by atoms with Crippen LogP contribution >= 0.6 is 11.6 Å². The van der Waals surface area contributed by atoms with E-state index in [-0.39, 0.29) is 21.7 Å². The van der Waals surface area contributed by atoms with Gasteiger partial charge in [-0.1, -0.05) is 41.9 Å². The molecule has 3 aromatic carbocycles. The van der Waals surface area contributed by atoms with Gasteiger partial charge >= 0.3 is 0 Å². The number of carbonyl (C=O) groups excluding carboxylic acids is 1. The molecule has 0 atom stereocenters. The minimum absolute atomic E-state index is 0.0109. The molecule has 0 aliphatic rings. The summed E-state index contributed by atoms with van der Waals surface area (Å²) in [5.74, 6) is -0.372. The number of aryl methyl sites for hydroxylation is 1. The standard InChI is InChI=1S/C26H28ClFN2O4S/c1-19(2)34-22-10-6-8-20(16-22)9-7-15-29-26(31)18-30(21-13-14-25(28)24(27)17-21)35(32,33)23-11-4-3-5-12-23/h3-6,8,10-14,16-17,19H,7,9,15,18H2,1-2H3,(H,29,31). The molecule has 0 saturated heterocycles. The monoisotopic (exact) mass is 518 g/mol. The maximum Gasteiger partial charge on any atom is 0.264 e. The topological polar surface area (TPSA) is 75.7 Å². The van der Waals surface area contributed by atoms with Gasteiger partial charge in [-0.2, -0.15) is 0 Å². The summed E-state index contributed by atoms with van der Waals surface area (Å²) in [6.07, 6.45) is 1.45. The lowest BCUT2D eigenvalue weighted by atomic mass is 10.1. The van der Waals surface area contributed by atoms with Crippen molar-refractivity contribution in [1.82, 2.24) is 5.32 Å². The number of ether oxygens (including phenoxy) is 1. The van der Waals surface area contributed by atoms with Gasteiger partial charge in [-0.05, 0) is 74.7 Å². The van der Waals surface area contributed by atoms with Crippen LogP contribution in [-0.2, 0) is 21.2 Å². The zero-order valence-corrected chi connectivity index (χ0v) is 21.2. The molecule has 0 aliphatic heterocycles. The van der Waals surface area contributed by atoms with E-state index in [0.717, 1.165) is 28.1 Å². The molecule has 35 heavy (non-hydrogen) atoms. The minimum Gasteiger partial charge on any atom is -0.491 e. The lowest BCUT2D eigenvalue weighted by molar-refractivity contribution is -0.119. The number of nitrogens with one attached hydrogen (secondary N) is 1. The Balaban J connectivity index is 1.66. The summed E-state index contributed by atoms with van der Waals surface area (Å²) in [6, 6.07) is 19.0. The zero-order chi connectivity index (χ0) is 25.4. The van der Waals surface area contributed by atoms with E-state index >= 15 is 0 Å². The Hall–Kier alpha value is -3.10. The average Bonchev–Trinajstić information content (AvgIpc) is 2.82. The Morgan fingerprint density at radius 2 is 1.80 bits per heavy atom. The van der Waals surface area contributed by atoms with Gasteiger partial charge in [0.15, 0.2) is 0 Å². The molecule has 0 heterocycles. The SMILES string of the molecule is CC(C)Oc1cccc(CCCNC(=O)CN(c2ccc(F)c(Cl)c2)S(=O)(=O)c2ccccc2)c1. The molecule has 0 aliphatic carbocycles. The Labute approximate surface area is 210 Å². The molecule has 0 fully saturated rings. The number of carbonyl (C=O) groups is 1. The van der Waals surface area contributed by atoms with E-state index in [1.165, 1.54) is 24.3 Å². The fourth-order valence-electron chi connectivity index (χ4n) is 3.43.